The molecular formula is C24H44O4. The first-order valence-corrected chi connectivity index (χ1v) is 11.7. The lowest BCUT2D eigenvalue weighted by Gasteiger charge is -2.17. The highest BCUT2D eigenvalue weighted by Crippen LogP contribution is 2.15. The highest BCUT2D eigenvalue weighted by atomic mass is 16.5. The van der Waals surface area contributed by atoms with Gasteiger partial charge in [-0.25, -0.2) is 9.59 Å². The number of carbonyl (C=O) groups is 2. The van der Waals surface area contributed by atoms with Crippen molar-refractivity contribution in [1.29, 1.82) is 0 Å². The highest BCUT2D eigenvalue weighted by molar-refractivity contribution is 5.91. The molecule has 0 aromatic rings. The Balaban J connectivity index is 4.47. The predicted molar refractivity (Wildman–Crippen MR) is 116 cm³/mol. The smallest absolute Gasteiger partial charge is 0.331 e. The molecule has 0 radical (unpaired) electrons. The molecule has 0 aromatic carbocycles. The lowest BCUT2D eigenvalue weighted by Crippen LogP contribution is -2.19. The minimum Gasteiger partial charge on any atom is -0.459 e. The van der Waals surface area contributed by atoms with Crippen LogP contribution in [0.1, 0.15) is 118 Å². The van der Waals surface area contributed by atoms with E-state index >= 15 is 0 Å². The number of ether oxygens (including phenoxy) is 2. The monoisotopic (exact) mass is 396 g/mol. The lowest BCUT2D eigenvalue weighted by atomic mass is 10.1. The van der Waals surface area contributed by atoms with E-state index in [-0.39, 0.29) is 12.2 Å². The van der Waals surface area contributed by atoms with Crippen molar-refractivity contribution in [2.75, 3.05) is 0 Å². The summed E-state index contributed by atoms with van der Waals surface area (Å²) in [4.78, 5) is 24.2. The Morgan fingerprint density at radius 2 is 0.893 bits per heavy atom. The summed E-state index contributed by atoms with van der Waals surface area (Å²) in [6, 6.07) is 0. The number of unbranched alkanes of at least 4 members (excludes halogenated alkanes) is 6. The molecule has 4 nitrogen and oxygen atoms in total. The normalized spacial score (nSPS) is 13.4. The van der Waals surface area contributed by atoms with Crippen molar-refractivity contribution in [3.05, 3.63) is 12.2 Å². The van der Waals surface area contributed by atoms with Crippen molar-refractivity contribution in [1.82, 2.24) is 0 Å². The molecule has 0 saturated carbocycles. The molecule has 0 saturated heterocycles. The summed E-state index contributed by atoms with van der Waals surface area (Å²) in [7, 11) is 0. The quantitative estimate of drug-likeness (QED) is 0.143. The van der Waals surface area contributed by atoms with Gasteiger partial charge < -0.3 is 9.47 Å². The molecule has 28 heavy (non-hydrogen) atoms. The molecule has 0 aromatic heterocycles. The lowest BCUT2D eigenvalue weighted by molar-refractivity contribution is -0.146. The number of hydrogen-bond donors (Lipinski definition) is 0. The van der Waals surface area contributed by atoms with Gasteiger partial charge in [-0.15, -0.1) is 0 Å². The summed E-state index contributed by atoms with van der Waals surface area (Å²) in [6.07, 6.45) is 16.9. The first kappa shape index (κ1) is 26.7. The Kier molecular flexibility index (Phi) is 18.1. The van der Waals surface area contributed by atoms with Crippen molar-refractivity contribution in [2.24, 2.45) is 0 Å². The van der Waals surface area contributed by atoms with Gasteiger partial charge in [0, 0.05) is 12.2 Å². The number of esters is 2. The third kappa shape index (κ3) is 15.7. The Morgan fingerprint density at radius 3 is 1.21 bits per heavy atom. The van der Waals surface area contributed by atoms with Crippen molar-refractivity contribution in [3.8, 4) is 0 Å². The summed E-state index contributed by atoms with van der Waals surface area (Å²) < 4.78 is 11.1. The zero-order chi connectivity index (χ0) is 21.0. The van der Waals surface area contributed by atoms with Crippen LogP contribution in [0.2, 0.25) is 0 Å². The largest absolute Gasteiger partial charge is 0.459 e. The Morgan fingerprint density at radius 1 is 0.571 bits per heavy atom. The third-order valence-electron chi connectivity index (χ3n) is 4.94. The fraction of sp³-hybridized carbons (Fsp3) is 0.833. The second kappa shape index (κ2) is 19.0. The average Bonchev–Trinajstić information content (AvgIpc) is 2.68. The molecule has 2 atom stereocenters. The molecule has 164 valence electrons. The third-order valence-corrected chi connectivity index (χ3v) is 4.94. The van der Waals surface area contributed by atoms with E-state index in [2.05, 4.69) is 27.7 Å². The number of hydrogen-bond acceptors (Lipinski definition) is 4. The van der Waals surface area contributed by atoms with E-state index in [1.807, 2.05) is 0 Å². The second-order valence-corrected chi connectivity index (χ2v) is 7.73. The summed E-state index contributed by atoms with van der Waals surface area (Å²) in [5.41, 5.74) is 0. The summed E-state index contributed by atoms with van der Waals surface area (Å²) >= 11 is 0. The Hall–Kier alpha value is -1.32. The highest BCUT2D eigenvalue weighted by Gasteiger charge is 2.14. The molecule has 2 unspecified atom stereocenters. The summed E-state index contributed by atoms with van der Waals surface area (Å²) in [5.74, 6) is -0.878. The molecule has 0 aliphatic heterocycles. The topological polar surface area (TPSA) is 52.6 Å². The van der Waals surface area contributed by atoms with Gasteiger partial charge in [-0.3, -0.25) is 0 Å². The van der Waals surface area contributed by atoms with Crippen LogP contribution in [0.15, 0.2) is 12.2 Å². The van der Waals surface area contributed by atoms with Crippen molar-refractivity contribution in [2.45, 2.75) is 130 Å². The van der Waals surface area contributed by atoms with Crippen LogP contribution in [0.4, 0.5) is 0 Å². The maximum atomic E-state index is 12.1. The van der Waals surface area contributed by atoms with Crippen LogP contribution in [0.25, 0.3) is 0 Å². The van der Waals surface area contributed by atoms with Gasteiger partial charge in [-0.05, 0) is 38.5 Å². The van der Waals surface area contributed by atoms with Crippen LogP contribution in [0, 0.1) is 0 Å². The van der Waals surface area contributed by atoms with Crippen LogP contribution in [0.3, 0.4) is 0 Å². The molecular weight excluding hydrogens is 352 g/mol. The average molecular weight is 397 g/mol. The van der Waals surface area contributed by atoms with Gasteiger partial charge in [0.2, 0.25) is 0 Å². The van der Waals surface area contributed by atoms with E-state index in [9.17, 15) is 9.59 Å². The van der Waals surface area contributed by atoms with E-state index in [0.717, 1.165) is 89.9 Å². The van der Waals surface area contributed by atoms with Crippen LogP contribution in [0.5, 0.6) is 0 Å². The number of rotatable bonds is 18. The molecule has 0 heterocycles. The SMILES string of the molecule is CCCCCC(CCCC)OC(=O)/C=C\C(=O)OC(CCCC)CCCCC. The predicted octanol–water partition coefficient (Wildman–Crippen LogP) is 6.91. The van der Waals surface area contributed by atoms with Gasteiger partial charge in [-0.2, -0.15) is 0 Å². The molecule has 0 amide bonds. The molecule has 4 heteroatoms. The summed E-state index contributed by atoms with van der Waals surface area (Å²) in [6.45, 7) is 8.60. The van der Waals surface area contributed by atoms with E-state index in [4.69, 9.17) is 9.47 Å². The van der Waals surface area contributed by atoms with Crippen LogP contribution in [-0.4, -0.2) is 24.1 Å². The Bertz CT molecular complexity index is 379. The molecule has 0 N–H and O–H groups in total. The van der Waals surface area contributed by atoms with Crippen LogP contribution in [-0.2, 0) is 19.1 Å². The van der Waals surface area contributed by atoms with Gasteiger partial charge in [0.25, 0.3) is 0 Å². The van der Waals surface area contributed by atoms with Crippen molar-refractivity contribution < 1.29 is 19.1 Å². The standard InChI is InChI=1S/C24H44O4/c1-5-9-13-17-21(15-11-7-3)27-23(25)19-20-24(26)28-22(16-12-8-4)18-14-10-6-2/h19-22H,5-18H2,1-4H3/b20-19-. The zero-order valence-corrected chi connectivity index (χ0v) is 18.8. The van der Waals surface area contributed by atoms with Crippen molar-refractivity contribution >= 4 is 11.9 Å². The van der Waals surface area contributed by atoms with Gasteiger partial charge in [-0.1, -0.05) is 79.1 Å². The summed E-state index contributed by atoms with van der Waals surface area (Å²) in [5, 5.41) is 0. The molecule has 0 aliphatic rings. The maximum Gasteiger partial charge on any atom is 0.331 e. The van der Waals surface area contributed by atoms with E-state index in [1.165, 1.54) is 12.2 Å². The molecule has 0 rings (SSSR count). The Labute approximate surface area is 173 Å². The van der Waals surface area contributed by atoms with E-state index in [1.54, 1.807) is 0 Å². The van der Waals surface area contributed by atoms with E-state index < -0.39 is 11.9 Å². The molecule has 0 bridgehead atoms. The molecule has 0 aliphatic carbocycles. The van der Waals surface area contributed by atoms with Crippen LogP contribution >= 0.6 is 0 Å². The van der Waals surface area contributed by atoms with Gasteiger partial charge in [0.15, 0.2) is 0 Å². The maximum absolute atomic E-state index is 12.1. The van der Waals surface area contributed by atoms with Gasteiger partial charge in [0.05, 0.1) is 0 Å². The minimum atomic E-state index is -0.439. The molecule has 0 fully saturated rings. The van der Waals surface area contributed by atoms with Crippen LogP contribution < -0.4 is 0 Å². The first-order valence-electron chi connectivity index (χ1n) is 11.7. The fourth-order valence-electron chi connectivity index (χ4n) is 3.18. The van der Waals surface area contributed by atoms with Gasteiger partial charge >= 0.3 is 11.9 Å². The fourth-order valence-corrected chi connectivity index (χ4v) is 3.18. The minimum absolute atomic E-state index is 0.0500. The second-order valence-electron chi connectivity index (χ2n) is 7.73. The number of carbonyl (C=O) groups excluding carboxylic acids is 2. The molecule has 0 spiro atoms. The van der Waals surface area contributed by atoms with E-state index in [0.29, 0.717) is 0 Å². The van der Waals surface area contributed by atoms with Gasteiger partial charge in [0.1, 0.15) is 12.2 Å². The van der Waals surface area contributed by atoms with Crippen molar-refractivity contribution in [3.63, 3.8) is 0 Å². The first-order chi connectivity index (χ1) is 13.6. The zero-order valence-electron chi connectivity index (χ0n) is 18.8.